The first-order chi connectivity index (χ1) is 8.82. The lowest BCUT2D eigenvalue weighted by Gasteiger charge is -2.29. The van der Waals surface area contributed by atoms with E-state index in [1.807, 2.05) is 32.8 Å². The minimum Gasteiger partial charge on any atom is -0.480 e. The molecule has 1 heterocycles. The first kappa shape index (κ1) is 15.8. The number of likely N-dealkylation sites (tertiary alicyclic amines) is 1. The number of carboxylic acids is 1. The van der Waals surface area contributed by atoms with Crippen molar-refractivity contribution < 1.29 is 14.7 Å². The van der Waals surface area contributed by atoms with E-state index in [1.54, 1.807) is 0 Å². The van der Waals surface area contributed by atoms with Gasteiger partial charge in [-0.15, -0.1) is 0 Å². The van der Waals surface area contributed by atoms with Crippen LogP contribution in [-0.2, 0) is 4.79 Å². The summed E-state index contributed by atoms with van der Waals surface area (Å²) in [6.45, 7) is 5.37. The van der Waals surface area contributed by atoms with Crippen LogP contribution < -0.4 is 5.32 Å². The number of amides is 2. The van der Waals surface area contributed by atoms with E-state index < -0.39 is 12.0 Å². The highest BCUT2D eigenvalue weighted by atomic mass is 16.4. The Balaban J connectivity index is 2.63. The van der Waals surface area contributed by atoms with Crippen molar-refractivity contribution in [3.8, 4) is 0 Å². The molecular formula is C13H25N3O3. The van der Waals surface area contributed by atoms with Gasteiger partial charge in [-0.05, 0) is 32.9 Å². The maximum absolute atomic E-state index is 12.2. The molecule has 0 aromatic carbocycles. The maximum Gasteiger partial charge on any atom is 0.326 e. The van der Waals surface area contributed by atoms with Crippen molar-refractivity contribution in [1.82, 2.24) is 15.1 Å². The first-order valence-corrected chi connectivity index (χ1v) is 6.77. The number of rotatable bonds is 5. The normalized spacial score (nSPS) is 20.9. The minimum absolute atomic E-state index is 0.0255. The molecule has 1 unspecified atom stereocenters. The molecular weight excluding hydrogens is 246 g/mol. The van der Waals surface area contributed by atoms with Gasteiger partial charge in [0.15, 0.2) is 0 Å². The zero-order chi connectivity index (χ0) is 14.6. The van der Waals surface area contributed by atoms with Crippen molar-refractivity contribution in [3.63, 3.8) is 0 Å². The summed E-state index contributed by atoms with van der Waals surface area (Å²) >= 11 is 0. The summed E-state index contributed by atoms with van der Waals surface area (Å²) in [4.78, 5) is 26.7. The van der Waals surface area contributed by atoms with Crippen LogP contribution in [0.25, 0.3) is 0 Å². The Hall–Kier alpha value is -1.30. The lowest BCUT2D eigenvalue weighted by Crippen LogP contribution is -2.52. The fourth-order valence-corrected chi connectivity index (χ4v) is 2.32. The van der Waals surface area contributed by atoms with Gasteiger partial charge in [-0.1, -0.05) is 13.8 Å². The average Bonchev–Trinajstić information content (AvgIpc) is 2.76. The molecule has 110 valence electrons. The number of nitrogens with zero attached hydrogens (tertiary/aromatic N) is 2. The molecule has 1 aliphatic rings. The van der Waals surface area contributed by atoms with Crippen molar-refractivity contribution in [2.24, 2.45) is 5.92 Å². The molecule has 2 N–H and O–H groups in total. The second-order valence-electron chi connectivity index (χ2n) is 5.75. The fraction of sp³-hybridized carbons (Fsp3) is 0.846. The number of carbonyl (C=O) groups excluding carboxylic acids is 1. The molecule has 0 radical (unpaired) electrons. The fourth-order valence-electron chi connectivity index (χ4n) is 2.32. The molecule has 1 rings (SSSR count). The maximum atomic E-state index is 12.2. The zero-order valence-electron chi connectivity index (χ0n) is 12.2. The standard InChI is InChI=1S/C13H25N3O3/c1-9(2)10(8-15(3)4)14-13(19)16-7-5-6-11(16)12(17)18/h9-11H,5-8H2,1-4H3,(H,14,19)(H,17,18)/t10?,11-/m1/s1. The summed E-state index contributed by atoms with van der Waals surface area (Å²) < 4.78 is 0. The number of urea groups is 1. The Morgan fingerprint density at radius 1 is 1.42 bits per heavy atom. The Morgan fingerprint density at radius 3 is 2.53 bits per heavy atom. The van der Waals surface area contributed by atoms with Gasteiger partial charge in [0.2, 0.25) is 0 Å². The highest BCUT2D eigenvalue weighted by Crippen LogP contribution is 2.18. The SMILES string of the molecule is CC(C)C(CN(C)C)NC(=O)N1CCC[C@@H]1C(=O)O. The van der Waals surface area contributed by atoms with Crippen LogP contribution in [0.4, 0.5) is 4.79 Å². The number of aliphatic carboxylic acids is 1. The van der Waals surface area contributed by atoms with Gasteiger partial charge in [0.05, 0.1) is 0 Å². The van der Waals surface area contributed by atoms with Gasteiger partial charge < -0.3 is 20.2 Å². The van der Waals surface area contributed by atoms with Crippen LogP contribution in [0.1, 0.15) is 26.7 Å². The van der Waals surface area contributed by atoms with Gasteiger partial charge in [-0.2, -0.15) is 0 Å². The van der Waals surface area contributed by atoms with Crippen LogP contribution >= 0.6 is 0 Å². The number of carboxylic acid groups (broad SMARTS) is 1. The summed E-state index contributed by atoms with van der Waals surface area (Å²) in [6.07, 6.45) is 1.30. The van der Waals surface area contributed by atoms with E-state index in [2.05, 4.69) is 5.32 Å². The molecule has 6 heteroatoms. The molecule has 0 aliphatic carbocycles. The number of hydrogen-bond donors (Lipinski definition) is 2. The van der Waals surface area contributed by atoms with Crippen LogP contribution in [0.15, 0.2) is 0 Å². The zero-order valence-corrected chi connectivity index (χ0v) is 12.2. The van der Waals surface area contributed by atoms with Crippen molar-refractivity contribution in [2.75, 3.05) is 27.2 Å². The van der Waals surface area contributed by atoms with Crippen LogP contribution in [0, 0.1) is 5.92 Å². The molecule has 2 atom stereocenters. The predicted octanol–water partition coefficient (Wildman–Crippen LogP) is 0.831. The first-order valence-electron chi connectivity index (χ1n) is 6.77. The lowest BCUT2D eigenvalue weighted by atomic mass is 10.0. The van der Waals surface area contributed by atoms with E-state index in [1.165, 1.54) is 4.90 Å². The third-order valence-corrected chi connectivity index (χ3v) is 3.47. The van der Waals surface area contributed by atoms with Gasteiger partial charge in [0, 0.05) is 19.1 Å². The third kappa shape index (κ3) is 4.38. The Labute approximate surface area is 114 Å². The predicted molar refractivity (Wildman–Crippen MR) is 73.1 cm³/mol. The second-order valence-corrected chi connectivity index (χ2v) is 5.75. The van der Waals surface area contributed by atoms with E-state index in [-0.39, 0.29) is 12.1 Å². The largest absolute Gasteiger partial charge is 0.480 e. The Bertz CT molecular complexity index is 331. The molecule has 0 aromatic heterocycles. The Kier molecular flexibility index (Phi) is 5.60. The molecule has 0 saturated carbocycles. The number of likely N-dealkylation sites (N-methyl/N-ethyl adjacent to an activating group) is 1. The Morgan fingerprint density at radius 2 is 2.05 bits per heavy atom. The van der Waals surface area contributed by atoms with Gasteiger partial charge in [-0.25, -0.2) is 9.59 Å². The number of carbonyl (C=O) groups is 2. The highest BCUT2D eigenvalue weighted by Gasteiger charge is 2.34. The van der Waals surface area contributed by atoms with E-state index in [4.69, 9.17) is 5.11 Å². The van der Waals surface area contributed by atoms with Crippen LogP contribution in [0.2, 0.25) is 0 Å². The monoisotopic (exact) mass is 271 g/mol. The topological polar surface area (TPSA) is 72.9 Å². The number of nitrogens with one attached hydrogen (secondary N) is 1. The summed E-state index contributed by atoms with van der Waals surface area (Å²) in [5.41, 5.74) is 0. The van der Waals surface area contributed by atoms with Gasteiger partial charge in [-0.3, -0.25) is 0 Å². The summed E-state index contributed by atoms with van der Waals surface area (Å²) in [5.74, 6) is -0.612. The van der Waals surface area contributed by atoms with Crippen molar-refractivity contribution >= 4 is 12.0 Å². The van der Waals surface area contributed by atoms with Crippen LogP contribution in [-0.4, -0.2) is 66.2 Å². The summed E-state index contributed by atoms with van der Waals surface area (Å²) in [6, 6.07) is -0.907. The van der Waals surface area contributed by atoms with E-state index in [0.29, 0.717) is 18.9 Å². The molecule has 0 bridgehead atoms. The second kappa shape index (κ2) is 6.75. The highest BCUT2D eigenvalue weighted by molar-refractivity contribution is 5.83. The minimum atomic E-state index is -0.915. The smallest absolute Gasteiger partial charge is 0.326 e. The van der Waals surface area contributed by atoms with Crippen molar-refractivity contribution in [3.05, 3.63) is 0 Å². The van der Waals surface area contributed by atoms with E-state index in [0.717, 1.165) is 13.0 Å². The molecule has 0 aromatic rings. The van der Waals surface area contributed by atoms with Crippen molar-refractivity contribution in [2.45, 2.75) is 38.8 Å². The molecule has 2 amide bonds. The van der Waals surface area contributed by atoms with Gasteiger partial charge >= 0.3 is 12.0 Å². The van der Waals surface area contributed by atoms with Crippen LogP contribution in [0.5, 0.6) is 0 Å². The van der Waals surface area contributed by atoms with E-state index in [9.17, 15) is 9.59 Å². The van der Waals surface area contributed by atoms with Gasteiger partial charge in [0.1, 0.15) is 6.04 Å². The van der Waals surface area contributed by atoms with Crippen molar-refractivity contribution in [1.29, 1.82) is 0 Å². The molecule has 1 saturated heterocycles. The molecule has 19 heavy (non-hydrogen) atoms. The number of hydrogen-bond acceptors (Lipinski definition) is 3. The van der Waals surface area contributed by atoms with Gasteiger partial charge in [0.25, 0.3) is 0 Å². The summed E-state index contributed by atoms with van der Waals surface area (Å²) in [7, 11) is 3.91. The lowest BCUT2D eigenvalue weighted by molar-refractivity contribution is -0.141. The molecule has 1 aliphatic heterocycles. The quantitative estimate of drug-likeness (QED) is 0.777. The average molecular weight is 271 g/mol. The molecule has 6 nitrogen and oxygen atoms in total. The molecule has 1 fully saturated rings. The third-order valence-electron chi connectivity index (χ3n) is 3.47. The molecule has 0 spiro atoms. The summed E-state index contributed by atoms with van der Waals surface area (Å²) in [5, 5.41) is 12.0. The van der Waals surface area contributed by atoms with Crippen LogP contribution in [0.3, 0.4) is 0 Å². The van der Waals surface area contributed by atoms with E-state index >= 15 is 0 Å².